The van der Waals surface area contributed by atoms with Gasteiger partial charge in [-0.05, 0) is 56.4 Å². The van der Waals surface area contributed by atoms with E-state index in [0.717, 1.165) is 61.4 Å². The molecule has 162 valence electrons. The van der Waals surface area contributed by atoms with Crippen LogP contribution in [0.25, 0.3) is 11.3 Å². The van der Waals surface area contributed by atoms with E-state index in [4.69, 9.17) is 9.97 Å². The molecule has 1 aromatic carbocycles. The number of nitrogens with one attached hydrogen (secondary N) is 1. The first-order valence-corrected chi connectivity index (χ1v) is 11.3. The van der Waals surface area contributed by atoms with E-state index in [1.165, 1.54) is 0 Å². The maximum Gasteiger partial charge on any atom is 0.226 e. The van der Waals surface area contributed by atoms with Gasteiger partial charge in [0, 0.05) is 42.2 Å². The van der Waals surface area contributed by atoms with Crippen LogP contribution in [-0.2, 0) is 4.79 Å². The van der Waals surface area contributed by atoms with Crippen LogP contribution in [0.15, 0.2) is 73.1 Å². The Kier molecular flexibility index (Phi) is 5.92. The normalized spacial score (nSPS) is 20.3. The third-order valence-electron chi connectivity index (χ3n) is 6.22. The lowest BCUT2D eigenvalue weighted by molar-refractivity contribution is -0.136. The van der Waals surface area contributed by atoms with Crippen molar-refractivity contribution in [1.82, 2.24) is 19.9 Å². The molecule has 0 radical (unpaired) electrons. The largest absolute Gasteiger partial charge is 0.340 e. The molecule has 2 unspecified atom stereocenters. The predicted octanol–water partition coefficient (Wildman–Crippen LogP) is 5.30. The molecule has 1 aliphatic carbocycles. The molecule has 2 atom stereocenters. The van der Waals surface area contributed by atoms with E-state index >= 15 is 0 Å². The number of para-hydroxylation sites is 1. The average molecular weight is 426 g/mol. The summed E-state index contributed by atoms with van der Waals surface area (Å²) in [5.74, 6) is 1.75. The molecule has 6 nitrogen and oxygen atoms in total. The number of hydrogen-bond donors (Lipinski definition) is 1. The zero-order valence-electron chi connectivity index (χ0n) is 18.0. The van der Waals surface area contributed by atoms with Gasteiger partial charge < -0.3 is 10.2 Å². The molecule has 5 rings (SSSR count). The van der Waals surface area contributed by atoms with Gasteiger partial charge in [-0.15, -0.1) is 0 Å². The number of likely N-dealkylation sites (tertiary alicyclic amines) is 1. The van der Waals surface area contributed by atoms with Crippen LogP contribution in [0.3, 0.4) is 0 Å². The summed E-state index contributed by atoms with van der Waals surface area (Å²) in [6.45, 7) is 0.772. The van der Waals surface area contributed by atoms with Gasteiger partial charge in [-0.1, -0.05) is 30.4 Å². The predicted molar refractivity (Wildman–Crippen MR) is 125 cm³/mol. The molecule has 1 fully saturated rings. The van der Waals surface area contributed by atoms with E-state index < -0.39 is 0 Å². The summed E-state index contributed by atoms with van der Waals surface area (Å²) in [5, 5.41) is 3.41. The van der Waals surface area contributed by atoms with Gasteiger partial charge in [0.25, 0.3) is 0 Å². The second kappa shape index (κ2) is 9.30. The van der Waals surface area contributed by atoms with Gasteiger partial charge in [0.2, 0.25) is 5.91 Å². The summed E-state index contributed by atoms with van der Waals surface area (Å²) >= 11 is 0. The van der Waals surface area contributed by atoms with Crippen LogP contribution in [-0.4, -0.2) is 32.3 Å². The molecule has 1 amide bonds. The standard InChI is InChI=1S/C26H27N5O/c32-26(20-8-3-1-4-9-20)31-17-7-12-23(31)25-29-22(19-13-15-27-16-14-19)18-24(30-25)28-21-10-5-2-6-11-21/h1-3,5-6,10-11,13-16,18,20,23H,4,7-9,12,17H2,(H,28,29,30). The van der Waals surface area contributed by atoms with E-state index in [-0.39, 0.29) is 17.9 Å². The van der Waals surface area contributed by atoms with Crippen molar-refractivity contribution in [2.75, 3.05) is 11.9 Å². The summed E-state index contributed by atoms with van der Waals surface area (Å²) < 4.78 is 0. The summed E-state index contributed by atoms with van der Waals surface area (Å²) in [6, 6.07) is 15.8. The van der Waals surface area contributed by atoms with Gasteiger partial charge in [0.15, 0.2) is 5.82 Å². The highest BCUT2D eigenvalue weighted by Gasteiger charge is 2.35. The fourth-order valence-electron chi connectivity index (χ4n) is 4.57. The highest BCUT2D eigenvalue weighted by molar-refractivity contribution is 5.80. The van der Waals surface area contributed by atoms with Crippen molar-refractivity contribution in [3.63, 3.8) is 0 Å². The number of benzene rings is 1. The third-order valence-corrected chi connectivity index (χ3v) is 6.22. The zero-order valence-corrected chi connectivity index (χ0v) is 18.0. The van der Waals surface area contributed by atoms with Gasteiger partial charge in [0.1, 0.15) is 5.82 Å². The Morgan fingerprint density at radius 2 is 1.84 bits per heavy atom. The number of carbonyl (C=O) groups is 1. The number of anilines is 2. The quantitative estimate of drug-likeness (QED) is 0.562. The number of hydrogen-bond acceptors (Lipinski definition) is 5. The van der Waals surface area contributed by atoms with Gasteiger partial charge in [-0.25, -0.2) is 9.97 Å². The Hall–Kier alpha value is -3.54. The maximum absolute atomic E-state index is 13.3. The van der Waals surface area contributed by atoms with Gasteiger partial charge in [-0.2, -0.15) is 0 Å². The summed E-state index contributed by atoms with van der Waals surface area (Å²) in [4.78, 5) is 29.3. The van der Waals surface area contributed by atoms with Crippen LogP contribution in [0.4, 0.5) is 11.5 Å². The third kappa shape index (κ3) is 4.40. The second-order valence-electron chi connectivity index (χ2n) is 8.39. The molecule has 6 heteroatoms. The minimum atomic E-state index is -0.0912. The van der Waals surface area contributed by atoms with Crippen molar-refractivity contribution in [3.8, 4) is 11.3 Å². The van der Waals surface area contributed by atoms with E-state index in [1.807, 2.05) is 53.4 Å². The van der Waals surface area contributed by atoms with Crippen molar-refractivity contribution in [2.45, 2.75) is 38.1 Å². The summed E-state index contributed by atoms with van der Waals surface area (Å²) in [5.41, 5.74) is 2.77. The van der Waals surface area contributed by atoms with E-state index in [0.29, 0.717) is 5.82 Å². The molecule has 3 heterocycles. The molecule has 32 heavy (non-hydrogen) atoms. The highest BCUT2D eigenvalue weighted by Crippen LogP contribution is 2.35. The Balaban J connectivity index is 1.49. The van der Waals surface area contributed by atoms with Crippen LogP contribution in [0.1, 0.15) is 44.0 Å². The van der Waals surface area contributed by atoms with Crippen molar-refractivity contribution >= 4 is 17.4 Å². The number of carbonyl (C=O) groups excluding carboxylic acids is 1. The van der Waals surface area contributed by atoms with Crippen LogP contribution in [0.5, 0.6) is 0 Å². The number of rotatable bonds is 5. The van der Waals surface area contributed by atoms with Gasteiger partial charge in [-0.3, -0.25) is 9.78 Å². The zero-order chi connectivity index (χ0) is 21.8. The summed E-state index contributed by atoms with van der Waals surface area (Å²) in [7, 11) is 0. The molecular weight excluding hydrogens is 398 g/mol. The Labute approximate surface area is 188 Å². The lowest BCUT2D eigenvalue weighted by Crippen LogP contribution is -2.36. The van der Waals surface area contributed by atoms with Crippen LogP contribution in [0, 0.1) is 5.92 Å². The highest BCUT2D eigenvalue weighted by atomic mass is 16.2. The number of allylic oxidation sites excluding steroid dienone is 2. The van der Waals surface area contributed by atoms with Crippen LogP contribution < -0.4 is 5.32 Å². The second-order valence-corrected chi connectivity index (χ2v) is 8.39. The van der Waals surface area contributed by atoms with Crippen molar-refractivity contribution in [1.29, 1.82) is 0 Å². The van der Waals surface area contributed by atoms with Gasteiger partial charge >= 0.3 is 0 Å². The molecule has 1 aliphatic heterocycles. The fraction of sp³-hybridized carbons (Fsp3) is 0.308. The first kappa shape index (κ1) is 20.4. The monoisotopic (exact) mass is 425 g/mol. The van der Waals surface area contributed by atoms with Crippen molar-refractivity contribution < 1.29 is 4.79 Å². The van der Waals surface area contributed by atoms with E-state index in [9.17, 15) is 4.79 Å². The van der Waals surface area contributed by atoms with Crippen molar-refractivity contribution in [2.24, 2.45) is 5.92 Å². The molecule has 3 aromatic rings. The molecule has 1 N–H and O–H groups in total. The topological polar surface area (TPSA) is 71.0 Å². The van der Waals surface area contributed by atoms with Crippen LogP contribution in [0.2, 0.25) is 0 Å². The first-order valence-electron chi connectivity index (χ1n) is 11.3. The van der Waals surface area contributed by atoms with E-state index in [1.54, 1.807) is 12.4 Å². The molecule has 2 aliphatic rings. The Morgan fingerprint density at radius 3 is 2.62 bits per heavy atom. The molecular formula is C26H27N5O. The SMILES string of the molecule is O=C(C1CC=CCC1)N1CCCC1c1nc(Nc2ccccc2)cc(-c2ccncc2)n1. The molecule has 0 spiro atoms. The van der Waals surface area contributed by atoms with E-state index in [2.05, 4.69) is 22.5 Å². The molecule has 0 bridgehead atoms. The maximum atomic E-state index is 13.3. The molecule has 1 saturated heterocycles. The molecule has 2 aromatic heterocycles. The lowest BCUT2D eigenvalue weighted by Gasteiger charge is -2.29. The average Bonchev–Trinajstić information content (AvgIpc) is 3.35. The number of nitrogens with zero attached hydrogens (tertiary/aromatic N) is 4. The number of amides is 1. The summed E-state index contributed by atoms with van der Waals surface area (Å²) in [6.07, 6.45) is 12.5. The Bertz CT molecular complexity index is 1100. The van der Waals surface area contributed by atoms with Crippen molar-refractivity contribution in [3.05, 3.63) is 78.9 Å². The smallest absolute Gasteiger partial charge is 0.226 e. The van der Waals surface area contributed by atoms with Crippen LogP contribution >= 0.6 is 0 Å². The minimum absolute atomic E-state index is 0.0749. The first-order chi connectivity index (χ1) is 15.8. The minimum Gasteiger partial charge on any atom is -0.340 e. The Morgan fingerprint density at radius 1 is 1.00 bits per heavy atom. The number of pyridine rings is 1. The number of aromatic nitrogens is 3. The lowest BCUT2D eigenvalue weighted by atomic mass is 9.93. The molecule has 0 saturated carbocycles. The van der Waals surface area contributed by atoms with Gasteiger partial charge in [0.05, 0.1) is 11.7 Å². The fourth-order valence-corrected chi connectivity index (χ4v) is 4.57.